The van der Waals surface area contributed by atoms with Crippen LogP contribution in [0.25, 0.3) is 22.3 Å². The number of fused-ring (bicyclic) bond motifs is 1. The van der Waals surface area contributed by atoms with E-state index in [9.17, 15) is 50.1 Å². The van der Waals surface area contributed by atoms with Gasteiger partial charge in [0.2, 0.25) is 17.5 Å². The van der Waals surface area contributed by atoms with Crippen LogP contribution in [0.1, 0.15) is 6.42 Å². The maximum Gasteiger partial charge on any atom is 0.312 e. The highest BCUT2D eigenvalue weighted by atomic mass is 16.7. The molecule has 1 aliphatic rings. The normalized spacial score (nSPS) is 21.5. The fourth-order valence-electron chi connectivity index (χ4n) is 3.64. The van der Waals surface area contributed by atoms with Crippen LogP contribution in [0.5, 0.6) is 28.7 Å². The van der Waals surface area contributed by atoms with Crippen molar-refractivity contribution in [1.29, 1.82) is 0 Å². The first-order valence-corrected chi connectivity index (χ1v) is 10.5. The molecule has 4 atom stereocenters. The van der Waals surface area contributed by atoms with Crippen LogP contribution >= 0.6 is 0 Å². The molecule has 3 aromatic rings. The second kappa shape index (κ2) is 9.85. The second-order valence-corrected chi connectivity index (χ2v) is 7.99. The highest BCUT2D eigenvalue weighted by molar-refractivity contribution is 5.89. The number of phenolic OH excluding ortho intramolecular Hbond substituents is 3. The molecule has 1 aromatic heterocycles. The van der Waals surface area contributed by atoms with E-state index in [1.54, 1.807) is 0 Å². The molecule has 0 amide bonds. The number of carbonyl (C=O) groups excluding carboxylic acids is 2. The second-order valence-electron chi connectivity index (χ2n) is 7.99. The van der Waals surface area contributed by atoms with E-state index in [0.29, 0.717) is 0 Å². The molecular formula is C23H18O14-2. The Balaban J connectivity index is 1.85. The van der Waals surface area contributed by atoms with Crippen molar-refractivity contribution in [2.75, 3.05) is 6.61 Å². The summed E-state index contributed by atoms with van der Waals surface area (Å²) in [7, 11) is 0. The van der Waals surface area contributed by atoms with Gasteiger partial charge in [0.15, 0.2) is 11.9 Å². The lowest BCUT2D eigenvalue weighted by Crippen LogP contribution is -2.57. The number of aliphatic hydroxyl groups is 2. The number of carboxylic acids is 1. The number of benzene rings is 2. The van der Waals surface area contributed by atoms with E-state index in [-0.39, 0.29) is 11.1 Å². The van der Waals surface area contributed by atoms with Gasteiger partial charge in [0, 0.05) is 17.7 Å². The Kier molecular flexibility index (Phi) is 6.80. The van der Waals surface area contributed by atoms with Gasteiger partial charge < -0.3 is 59.2 Å². The van der Waals surface area contributed by atoms with Gasteiger partial charge in [-0.2, -0.15) is 0 Å². The van der Waals surface area contributed by atoms with Crippen molar-refractivity contribution in [3.8, 4) is 40.1 Å². The van der Waals surface area contributed by atoms with Crippen molar-refractivity contribution in [2.45, 2.75) is 31.0 Å². The van der Waals surface area contributed by atoms with Crippen LogP contribution in [0.2, 0.25) is 0 Å². The summed E-state index contributed by atoms with van der Waals surface area (Å²) in [5.41, 5.74) is -1.42. The number of phenols is 3. The predicted molar refractivity (Wildman–Crippen MR) is 114 cm³/mol. The van der Waals surface area contributed by atoms with Crippen molar-refractivity contribution in [2.24, 2.45) is 0 Å². The van der Waals surface area contributed by atoms with Crippen molar-refractivity contribution < 1.29 is 64.0 Å². The molecule has 2 heterocycles. The van der Waals surface area contributed by atoms with Gasteiger partial charge in [0.05, 0.1) is 19.0 Å². The molecule has 1 fully saturated rings. The van der Waals surface area contributed by atoms with Gasteiger partial charge in [-0.1, -0.05) is 17.9 Å². The van der Waals surface area contributed by atoms with Gasteiger partial charge in [-0.05, 0) is 6.07 Å². The molecule has 196 valence electrons. The van der Waals surface area contributed by atoms with E-state index in [0.717, 1.165) is 24.3 Å². The molecule has 14 nitrogen and oxygen atoms in total. The standard InChI is InChI=1S/C23H20O14/c24-9-4-12(27)17-14(5-9)35-20(8-1-2-10(25)11(26)3-8)21(19(17)33)37-23-22(18(32)13(28)7-34-23)36-16(31)6-15(29)30/h1-5,13,18,22-28,32H,6-7H2,(H,29,30)/p-2/t13-,18+,22-,23+/m1/s1. The van der Waals surface area contributed by atoms with Gasteiger partial charge in [0.1, 0.15) is 40.4 Å². The number of ether oxygens (including phenoxy) is 3. The molecule has 0 unspecified atom stereocenters. The average Bonchev–Trinajstić information content (AvgIpc) is 2.80. The van der Waals surface area contributed by atoms with Crippen LogP contribution in [0.4, 0.5) is 0 Å². The number of aromatic hydroxyl groups is 3. The summed E-state index contributed by atoms with van der Waals surface area (Å²) in [6.45, 7) is -0.556. The summed E-state index contributed by atoms with van der Waals surface area (Å²) in [5.74, 6) is -6.92. The predicted octanol–water partition coefficient (Wildman–Crippen LogP) is -1.84. The van der Waals surface area contributed by atoms with E-state index in [4.69, 9.17) is 18.6 Å². The first-order valence-electron chi connectivity index (χ1n) is 10.5. The monoisotopic (exact) mass is 518 g/mol. The third-order valence-corrected chi connectivity index (χ3v) is 5.36. The van der Waals surface area contributed by atoms with Gasteiger partial charge in [-0.25, -0.2) is 0 Å². The van der Waals surface area contributed by atoms with Crippen molar-refractivity contribution in [3.63, 3.8) is 0 Å². The first-order chi connectivity index (χ1) is 17.5. The zero-order chi connectivity index (χ0) is 27.0. The van der Waals surface area contributed by atoms with E-state index in [1.807, 2.05) is 0 Å². The third kappa shape index (κ3) is 5.06. The Hall–Kier alpha value is -4.53. The highest BCUT2D eigenvalue weighted by Crippen LogP contribution is 2.38. The minimum absolute atomic E-state index is 0.0733. The maximum absolute atomic E-state index is 13.4. The van der Waals surface area contributed by atoms with Crippen LogP contribution in [0.15, 0.2) is 39.5 Å². The molecule has 1 aliphatic heterocycles. The summed E-state index contributed by atoms with van der Waals surface area (Å²) >= 11 is 0. The van der Waals surface area contributed by atoms with Crippen molar-refractivity contribution in [3.05, 3.63) is 40.6 Å². The van der Waals surface area contributed by atoms with E-state index in [1.165, 1.54) is 6.07 Å². The van der Waals surface area contributed by atoms with Crippen LogP contribution in [0, 0.1) is 0 Å². The lowest BCUT2D eigenvalue weighted by atomic mass is 10.0. The van der Waals surface area contributed by atoms with Gasteiger partial charge in [-0.15, -0.1) is 0 Å². The summed E-state index contributed by atoms with van der Waals surface area (Å²) in [6.07, 6.45) is -8.27. The first kappa shape index (κ1) is 25.6. The Morgan fingerprint density at radius 2 is 1.81 bits per heavy atom. The van der Waals surface area contributed by atoms with Crippen LogP contribution < -0.4 is 20.4 Å². The smallest absolute Gasteiger partial charge is 0.312 e. The molecular weight excluding hydrogens is 500 g/mol. The molecule has 0 aliphatic carbocycles. The Morgan fingerprint density at radius 3 is 2.49 bits per heavy atom. The summed E-state index contributed by atoms with van der Waals surface area (Å²) in [4.78, 5) is 36.0. The number of hydrogen-bond acceptors (Lipinski definition) is 14. The molecule has 4 rings (SSSR count). The van der Waals surface area contributed by atoms with Crippen LogP contribution in [-0.4, -0.2) is 68.7 Å². The minimum atomic E-state index is -1.84. The fourth-order valence-corrected chi connectivity index (χ4v) is 3.64. The number of rotatable bonds is 6. The van der Waals surface area contributed by atoms with E-state index >= 15 is 0 Å². The number of aliphatic hydroxyl groups excluding tert-OH is 2. The van der Waals surface area contributed by atoms with Crippen LogP contribution in [-0.2, 0) is 19.1 Å². The molecule has 0 radical (unpaired) electrons. The lowest BCUT2D eigenvalue weighted by molar-refractivity contribution is -0.306. The summed E-state index contributed by atoms with van der Waals surface area (Å²) < 4.78 is 21.4. The molecule has 0 bridgehead atoms. The van der Waals surface area contributed by atoms with E-state index in [2.05, 4.69) is 0 Å². The third-order valence-electron chi connectivity index (χ3n) is 5.36. The zero-order valence-corrected chi connectivity index (χ0v) is 18.5. The van der Waals surface area contributed by atoms with Crippen LogP contribution in [0.3, 0.4) is 0 Å². The summed E-state index contributed by atoms with van der Waals surface area (Å²) in [6, 6.07) is 4.93. The number of aliphatic carboxylic acids is 1. The lowest BCUT2D eigenvalue weighted by Gasteiger charge is -2.37. The molecule has 37 heavy (non-hydrogen) atoms. The minimum Gasteiger partial charge on any atom is -0.870 e. The molecule has 2 aromatic carbocycles. The van der Waals surface area contributed by atoms with Gasteiger partial charge in [-0.3, -0.25) is 9.59 Å². The van der Waals surface area contributed by atoms with Crippen molar-refractivity contribution >= 4 is 22.9 Å². The van der Waals surface area contributed by atoms with Gasteiger partial charge >= 0.3 is 5.97 Å². The van der Waals surface area contributed by atoms with Crippen molar-refractivity contribution in [1.82, 2.24) is 0 Å². The van der Waals surface area contributed by atoms with Gasteiger partial charge in [0.25, 0.3) is 0 Å². The fraction of sp³-hybridized carbons (Fsp3) is 0.261. The number of hydrogen-bond donors (Lipinski definition) is 5. The number of carboxylic acid groups (broad SMARTS) is 1. The quantitative estimate of drug-likeness (QED) is 0.178. The molecule has 1 saturated heterocycles. The highest BCUT2D eigenvalue weighted by Gasteiger charge is 2.44. The molecule has 0 spiro atoms. The number of carbonyl (C=O) groups is 2. The Bertz CT molecular complexity index is 1430. The zero-order valence-electron chi connectivity index (χ0n) is 18.5. The number of esters is 1. The SMILES string of the molecule is O=C([O-])CC(=O)O[C@H]1[C@H](Oc2c(-c3ccc([O-])c(O)c3)oc3cc(O)cc(O)c3c2=O)OC[C@@H](O)[C@@H]1O. The molecule has 0 saturated carbocycles. The summed E-state index contributed by atoms with van der Waals surface area (Å²) in [5, 5.41) is 72.1. The Morgan fingerprint density at radius 1 is 1.08 bits per heavy atom. The largest absolute Gasteiger partial charge is 0.870 e. The molecule has 14 heteroatoms. The average molecular weight is 518 g/mol. The Labute approximate surface area is 205 Å². The topological polar surface area (TPSA) is 239 Å². The molecule has 5 N–H and O–H groups in total. The van der Waals surface area contributed by atoms with E-state index < -0.39 is 94.9 Å². The maximum atomic E-state index is 13.4.